The number of aromatic nitrogens is 4. The van der Waals surface area contributed by atoms with Gasteiger partial charge < -0.3 is 4.90 Å². The third-order valence-electron chi connectivity index (χ3n) is 4.40. The number of pyridine rings is 2. The second kappa shape index (κ2) is 7.18. The van der Waals surface area contributed by atoms with Gasteiger partial charge in [0.05, 0.1) is 23.1 Å². The summed E-state index contributed by atoms with van der Waals surface area (Å²) in [6, 6.07) is 15.9. The Bertz CT molecular complexity index is 1120. The molecule has 27 heavy (non-hydrogen) atoms. The van der Waals surface area contributed by atoms with Gasteiger partial charge >= 0.3 is 0 Å². The monoisotopic (exact) mass is 352 g/mol. The Labute approximate surface area is 156 Å². The van der Waals surface area contributed by atoms with Crippen molar-refractivity contribution in [2.75, 3.05) is 11.4 Å². The number of hydrogen-bond donors (Lipinski definition) is 0. The first-order chi connectivity index (χ1) is 13.3. The first kappa shape index (κ1) is 16.6. The van der Waals surface area contributed by atoms with Gasteiger partial charge in [0.2, 0.25) is 0 Å². The first-order valence-corrected chi connectivity index (χ1v) is 8.60. The van der Waals surface area contributed by atoms with E-state index in [-0.39, 0.29) is 0 Å². The molecule has 0 fully saturated rings. The number of anilines is 2. The highest BCUT2D eigenvalue weighted by molar-refractivity contribution is 5.97. The Balaban J connectivity index is 1.92. The van der Waals surface area contributed by atoms with Crippen molar-refractivity contribution in [3.63, 3.8) is 0 Å². The van der Waals surface area contributed by atoms with Gasteiger partial charge in [-0.3, -0.25) is 9.97 Å². The van der Waals surface area contributed by atoms with Crippen LogP contribution in [0.1, 0.15) is 12.6 Å². The van der Waals surface area contributed by atoms with Gasteiger partial charge in [0, 0.05) is 30.5 Å². The molecule has 0 atom stereocenters. The summed E-state index contributed by atoms with van der Waals surface area (Å²) in [6.07, 6.45) is 7.03. The lowest BCUT2D eigenvalue weighted by molar-refractivity contribution is 0.980. The summed E-state index contributed by atoms with van der Waals surface area (Å²) in [5, 5.41) is 18.9. The zero-order valence-corrected chi connectivity index (χ0v) is 14.7. The maximum Gasteiger partial charge on any atom is 0.187 e. The Morgan fingerprint density at radius 1 is 0.963 bits per heavy atom. The third-order valence-corrected chi connectivity index (χ3v) is 4.40. The van der Waals surface area contributed by atoms with E-state index in [4.69, 9.17) is 0 Å². The molecule has 0 aliphatic rings. The highest BCUT2D eigenvalue weighted by atomic mass is 15.2. The zero-order chi connectivity index (χ0) is 18.6. The van der Waals surface area contributed by atoms with Crippen molar-refractivity contribution < 1.29 is 0 Å². The second-order valence-electron chi connectivity index (χ2n) is 5.93. The maximum atomic E-state index is 9.60. The highest BCUT2D eigenvalue weighted by Crippen LogP contribution is 2.34. The molecule has 0 saturated heterocycles. The van der Waals surface area contributed by atoms with E-state index < -0.39 is 0 Å². The van der Waals surface area contributed by atoms with Crippen molar-refractivity contribution in [3.05, 3.63) is 72.9 Å². The highest BCUT2D eigenvalue weighted by Gasteiger charge is 2.18. The minimum Gasteiger partial charge on any atom is -0.338 e. The number of hydrogen-bond acceptors (Lipinski definition) is 6. The van der Waals surface area contributed by atoms with Crippen LogP contribution in [0.5, 0.6) is 0 Å². The van der Waals surface area contributed by atoms with Crippen LogP contribution in [0, 0.1) is 11.3 Å². The van der Waals surface area contributed by atoms with Gasteiger partial charge in [-0.15, -0.1) is 10.2 Å². The molecule has 3 aromatic heterocycles. The average Bonchev–Trinajstić information content (AvgIpc) is 2.75. The fourth-order valence-corrected chi connectivity index (χ4v) is 3.15. The summed E-state index contributed by atoms with van der Waals surface area (Å²) in [4.78, 5) is 10.3. The number of nitriles is 1. The fourth-order valence-electron chi connectivity index (χ4n) is 3.15. The molecular formula is C21H16N6. The summed E-state index contributed by atoms with van der Waals surface area (Å²) in [6.45, 7) is 2.71. The van der Waals surface area contributed by atoms with Crippen molar-refractivity contribution in [3.8, 4) is 17.2 Å². The van der Waals surface area contributed by atoms with E-state index in [1.165, 1.54) is 0 Å². The summed E-state index contributed by atoms with van der Waals surface area (Å²) in [5.74, 6) is 0. The van der Waals surface area contributed by atoms with Crippen molar-refractivity contribution >= 4 is 22.3 Å². The molecule has 0 aliphatic heterocycles. The van der Waals surface area contributed by atoms with Crippen LogP contribution in [0.25, 0.3) is 22.0 Å². The molecule has 6 heteroatoms. The van der Waals surface area contributed by atoms with Gasteiger partial charge in [-0.05, 0) is 54.4 Å². The molecule has 6 nitrogen and oxygen atoms in total. The second-order valence-corrected chi connectivity index (χ2v) is 5.93. The first-order valence-electron chi connectivity index (χ1n) is 8.60. The molecule has 3 heterocycles. The molecule has 0 N–H and O–H groups in total. The minimum atomic E-state index is 0.296. The SMILES string of the molecule is CCN(c1cccnc1)c1c(C#N)nnc2cc(-c3ccncc3)ccc12. The quantitative estimate of drug-likeness (QED) is 0.550. The number of rotatable bonds is 4. The van der Waals surface area contributed by atoms with Gasteiger partial charge in [-0.2, -0.15) is 5.26 Å². The van der Waals surface area contributed by atoms with Crippen LogP contribution < -0.4 is 4.90 Å². The van der Waals surface area contributed by atoms with E-state index in [9.17, 15) is 5.26 Å². The van der Waals surface area contributed by atoms with E-state index in [2.05, 4.69) is 26.2 Å². The molecular weight excluding hydrogens is 336 g/mol. The van der Waals surface area contributed by atoms with Crippen molar-refractivity contribution in [2.45, 2.75) is 6.92 Å². The predicted octanol–water partition coefficient (Wildman–Crippen LogP) is 4.12. The number of nitrogens with zero attached hydrogens (tertiary/aromatic N) is 6. The molecule has 0 saturated carbocycles. The molecule has 130 valence electrons. The van der Waals surface area contributed by atoms with Crippen LogP contribution in [0.15, 0.2) is 67.3 Å². The van der Waals surface area contributed by atoms with Gasteiger partial charge in [-0.1, -0.05) is 6.07 Å². The summed E-state index contributed by atoms with van der Waals surface area (Å²) >= 11 is 0. The van der Waals surface area contributed by atoms with E-state index in [0.717, 1.165) is 33.4 Å². The lowest BCUT2D eigenvalue weighted by Gasteiger charge is -2.24. The van der Waals surface area contributed by atoms with Crippen LogP contribution in [-0.2, 0) is 0 Å². The third kappa shape index (κ3) is 3.07. The Morgan fingerprint density at radius 2 is 1.81 bits per heavy atom. The number of fused-ring (bicyclic) bond motifs is 1. The lowest BCUT2D eigenvalue weighted by Crippen LogP contribution is -2.18. The molecule has 0 radical (unpaired) electrons. The van der Waals surface area contributed by atoms with Crippen molar-refractivity contribution in [2.24, 2.45) is 0 Å². The van der Waals surface area contributed by atoms with Gasteiger partial charge in [0.25, 0.3) is 0 Å². The van der Waals surface area contributed by atoms with Crippen LogP contribution in [-0.4, -0.2) is 26.7 Å². The Hall–Kier alpha value is -3.85. The van der Waals surface area contributed by atoms with Crippen LogP contribution in [0.2, 0.25) is 0 Å². The minimum absolute atomic E-state index is 0.296. The van der Waals surface area contributed by atoms with Crippen molar-refractivity contribution in [1.82, 2.24) is 20.2 Å². The maximum absolute atomic E-state index is 9.60. The summed E-state index contributed by atoms with van der Waals surface area (Å²) in [5.41, 5.74) is 4.77. The van der Waals surface area contributed by atoms with Crippen LogP contribution >= 0.6 is 0 Å². The van der Waals surface area contributed by atoms with E-state index >= 15 is 0 Å². The topological polar surface area (TPSA) is 78.6 Å². The van der Waals surface area contributed by atoms with Crippen molar-refractivity contribution in [1.29, 1.82) is 5.26 Å². The average molecular weight is 352 g/mol. The molecule has 0 bridgehead atoms. The zero-order valence-electron chi connectivity index (χ0n) is 14.7. The van der Waals surface area contributed by atoms with Gasteiger partial charge in [0.1, 0.15) is 6.07 Å². The largest absolute Gasteiger partial charge is 0.338 e. The molecule has 1 aromatic carbocycles. The molecule has 4 rings (SSSR count). The molecule has 0 aliphatic carbocycles. The fraction of sp³-hybridized carbons (Fsp3) is 0.0952. The molecule has 0 unspecified atom stereocenters. The van der Waals surface area contributed by atoms with E-state index in [1.54, 1.807) is 24.8 Å². The van der Waals surface area contributed by atoms with E-state index in [1.807, 2.05) is 54.3 Å². The molecule has 0 spiro atoms. The van der Waals surface area contributed by atoms with Gasteiger partial charge in [-0.25, -0.2) is 0 Å². The lowest BCUT2D eigenvalue weighted by atomic mass is 10.0. The Morgan fingerprint density at radius 3 is 2.52 bits per heavy atom. The van der Waals surface area contributed by atoms with E-state index in [0.29, 0.717) is 12.2 Å². The smallest absolute Gasteiger partial charge is 0.187 e. The number of benzene rings is 1. The normalized spacial score (nSPS) is 10.5. The molecule has 4 aromatic rings. The van der Waals surface area contributed by atoms with Crippen LogP contribution in [0.3, 0.4) is 0 Å². The summed E-state index contributed by atoms with van der Waals surface area (Å²) in [7, 11) is 0. The predicted molar refractivity (Wildman–Crippen MR) is 104 cm³/mol. The standard InChI is InChI=1S/C21H16N6/c1-2-27(17-4-3-9-24-14-17)21-18-6-5-16(15-7-10-23-11-8-15)12-19(18)25-26-20(21)13-22/h3-12,14H,2H2,1H3. The van der Waals surface area contributed by atoms with Gasteiger partial charge in [0.15, 0.2) is 5.69 Å². The Kier molecular flexibility index (Phi) is 4.42. The molecule has 0 amide bonds. The van der Waals surface area contributed by atoms with Crippen LogP contribution in [0.4, 0.5) is 11.4 Å². The summed E-state index contributed by atoms with van der Waals surface area (Å²) < 4.78 is 0.